The standard InChI is InChI=1S/C45H89N2O6P/c1-6-8-10-12-14-16-18-20-21-22-23-24-25-27-29-31-33-35-37-39-45(49)46-43(42-53-54(50,51)52-41-40-47(3,4)5)44(48)38-36-34-32-30-28-26-19-17-15-13-11-9-7-2/h14,16,20-21,43-44,48H,6-13,15,17-19,22-42H2,1-5H3,(H-,46,49,50,51)/b16-14-,21-20-. The number of aliphatic hydroxyl groups excluding tert-OH is 1. The Morgan fingerprint density at radius 1 is 0.648 bits per heavy atom. The lowest BCUT2D eigenvalue weighted by atomic mass is 10.0. The summed E-state index contributed by atoms with van der Waals surface area (Å²) in [6.45, 7) is 4.69. The zero-order chi connectivity index (χ0) is 40.0. The highest BCUT2D eigenvalue weighted by Gasteiger charge is 2.24. The van der Waals surface area contributed by atoms with Crippen molar-refractivity contribution in [1.82, 2.24) is 5.32 Å². The Morgan fingerprint density at radius 3 is 1.57 bits per heavy atom. The summed E-state index contributed by atoms with van der Waals surface area (Å²) >= 11 is 0. The molecular formula is C45H89N2O6P. The van der Waals surface area contributed by atoms with Crippen molar-refractivity contribution in [2.45, 2.75) is 219 Å². The summed E-state index contributed by atoms with van der Waals surface area (Å²) in [7, 11) is 1.30. The third kappa shape index (κ3) is 39.2. The average molecular weight is 785 g/mol. The second kappa shape index (κ2) is 37.6. The van der Waals surface area contributed by atoms with Crippen LogP contribution in [-0.4, -0.2) is 68.5 Å². The van der Waals surface area contributed by atoms with E-state index in [0.717, 1.165) is 44.9 Å². The highest BCUT2D eigenvalue weighted by atomic mass is 31.2. The Morgan fingerprint density at radius 2 is 1.07 bits per heavy atom. The van der Waals surface area contributed by atoms with Crippen LogP contribution in [0.3, 0.4) is 0 Å². The molecule has 0 fully saturated rings. The number of phosphoric acid groups is 1. The fraction of sp³-hybridized carbons (Fsp3) is 0.889. The molecule has 0 spiro atoms. The molecule has 0 saturated carbocycles. The van der Waals surface area contributed by atoms with E-state index >= 15 is 0 Å². The van der Waals surface area contributed by atoms with Crippen LogP contribution < -0.4 is 10.2 Å². The summed E-state index contributed by atoms with van der Waals surface area (Å²) in [4.78, 5) is 25.3. The Balaban J connectivity index is 4.32. The predicted octanol–water partition coefficient (Wildman–Crippen LogP) is 11.9. The number of likely N-dealkylation sites (N-methyl/N-ethyl adjacent to an activating group) is 1. The maximum atomic E-state index is 12.9. The van der Waals surface area contributed by atoms with Gasteiger partial charge in [0.25, 0.3) is 7.82 Å². The monoisotopic (exact) mass is 785 g/mol. The lowest BCUT2D eigenvalue weighted by Gasteiger charge is -2.30. The minimum Gasteiger partial charge on any atom is -0.756 e. The number of aliphatic hydroxyl groups is 1. The number of hydrogen-bond donors (Lipinski definition) is 2. The van der Waals surface area contributed by atoms with Gasteiger partial charge in [-0.1, -0.05) is 179 Å². The molecule has 0 radical (unpaired) electrons. The van der Waals surface area contributed by atoms with Crippen LogP contribution in [0.1, 0.15) is 206 Å². The van der Waals surface area contributed by atoms with E-state index in [1.54, 1.807) is 0 Å². The molecule has 0 heterocycles. The quantitative estimate of drug-likeness (QED) is 0.0277. The van der Waals surface area contributed by atoms with E-state index < -0.39 is 20.0 Å². The molecule has 0 aliphatic rings. The van der Waals surface area contributed by atoms with Gasteiger partial charge in [0, 0.05) is 6.42 Å². The van der Waals surface area contributed by atoms with Crippen molar-refractivity contribution in [2.24, 2.45) is 0 Å². The van der Waals surface area contributed by atoms with Crippen molar-refractivity contribution >= 4 is 13.7 Å². The van der Waals surface area contributed by atoms with E-state index in [4.69, 9.17) is 9.05 Å². The van der Waals surface area contributed by atoms with Crippen LogP contribution in [0, 0.1) is 0 Å². The number of amides is 1. The summed E-state index contributed by atoms with van der Waals surface area (Å²) in [5.41, 5.74) is 0. The highest BCUT2D eigenvalue weighted by Crippen LogP contribution is 2.38. The Labute approximate surface area is 334 Å². The molecule has 0 aromatic carbocycles. The molecule has 0 aromatic rings. The molecule has 8 nitrogen and oxygen atoms in total. The molecule has 3 atom stereocenters. The molecule has 320 valence electrons. The molecule has 0 bridgehead atoms. The summed E-state index contributed by atoms with van der Waals surface area (Å²) in [6.07, 6.45) is 43.1. The zero-order valence-corrected chi connectivity index (χ0v) is 37.1. The number of carbonyl (C=O) groups excluding carboxylic acids is 1. The lowest BCUT2D eigenvalue weighted by Crippen LogP contribution is -2.46. The van der Waals surface area contributed by atoms with Crippen LogP contribution in [0.5, 0.6) is 0 Å². The van der Waals surface area contributed by atoms with Crippen LogP contribution in [0.2, 0.25) is 0 Å². The first-order valence-corrected chi connectivity index (χ1v) is 24.1. The van der Waals surface area contributed by atoms with Gasteiger partial charge >= 0.3 is 0 Å². The summed E-state index contributed by atoms with van der Waals surface area (Å²) in [6, 6.07) is -0.799. The van der Waals surface area contributed by atoms with Crippen molar-refractivity contribution in [3.05, 3.63) is 24.3 Å². The van der Waals surface area contributed by atoms with Gasteiger partial charge in [-0.15, -0.1) is 0 Å². The van der Waals surface area contributed by atoms with Gasteiger partial charge in [-0.2, -0.15) is 0 Å². The molecule has 0 aromatic heterocycles. The van der Waals surface area contributed by atoms with Crippen molar-refractivity contribution in [2.75, 3.05) is 40.9 Å². The molecule has 54 heavy (non-hydrogen) atoms. The highest BCUT2D eigenvalue weighted by molar-refractivity contribution is 7.45. The molecule has 1 amide bonds. The molecule has 2 N–H and O–H groups in total. The van der Waals surface area contributed by atoms with Crippen molar-refractivity contribution < 1.29 is 32.9 Å². The van der Waals surface area contributed by atoms with Gasteiger partial charge in [-0.05, 0) is 44.9 Å². The van der Waals surface area contributed by atoms with Crippen molar-refractivity contribution in [3.63, 3.8) is 0 Å². The van der Waals surface area contributed by atoms with Crippen LogP contribution >= 0.6 is 7.82 Å². The van der Waals surface area contributed by atoms with E-state index in [-0.39, 0.29) is 19.1 Å². The summed E-state index contributed by atoms with van der Waals surface area (Å²) in [5.74, 6) is -0.170. The topological polar surface area (TPSA) is 108 Å². The number of nitrogens with one attached hydrogen (secondary N) is 1. The van der Waals surface area contributed by atoms with Gasteiger partial charge in [0.15, 0.2) is 0 Å². The molecule has 0 aliphatic carbocycles. The maximum Gasteiger partial charge on any atom is 0.268 e. The molecule has 3 unspecified atom stereocenters. The van der Waals surface area contributed by atoms with E-state index in [0.29, 0.717) is 23.9 Å². The van der Waals surface area contributed by atoms with Crippen molar-refractivity contribution in [1.29, 1.82) is 0 Å². The number of allylic oxidation sites excluding steroid dienone is 4. The fourth-order valence-electron chi connectivity index (χ4n) is 6.54. The Bertz CT molecular complexity index is 938. The zero-order valence-electron chi connectivity index (χ0n) is 36.2. The third-order valence-electron chi connectivity index (χ3n) is 10.2. The SMILES string of the molecule is CCCCC/C=C\C/C=C\CCCCCCCCCCCC(=O)NC(COP(=O)([O-])OCC[N+](C)(C)C)C(O)CCCCCCCCCCCCCCC. The van der Waals surface area contributed by atoms with E-state index in [1.807, 2.05) is 21.1 Å². The molecular weight excluding hydrogens is 695 g/mol. The molecule has 0 saturated heterocycles. The molecule has 0 aliphatic heterocycles. The van der Waals surface area contributed by atoms with Gasteiger partial charge in [0.2, 0.25) is 5.91 Å². The minimum atomic E-state index is -4.56. The number of carbonyl (C=O) groups is 1. The Hall–Kier alpha value is -1.02. The first-order chi connectivity index (χ1) is 26.0. The predicted molar refractivity (Wildman–Crippen MR) is 228 cm³/mol. The van der Waals surface area contributed by atoms with E-state index in [9.17, 15) is 19.4 Å². The van der Waals surface area contributed by atoms with E-state index in [1.165, 1.54) is 135 Å². The average Bonchev–Trinajstić information content (AvgIpc) is 3.12. The second-order valence-electron chi connectivity index (χ2n) is 16.8. The van der Waals surface area contributed by atoms with Gasteiger partial charge in [0.1, 0.15) is 13.2 Å². The van der Waals surface area contributed by atoms with Crippen LogP contribution in [0.15, 0.2) is 24.3 Å². The van der Waals surface area contributed by atoms with Gasteiger partial charge < -0.3 is 28.8 Å². The largest absolute Gasteiger partial charge is 0.756 e. The normalized spacial score (nSPS) is 14.6. The second-order valence-corrected chi connectivity index (χ2v) is 18.2. The Kier molecular flexibility index (Phi) is 36.8. The molecule has 9 heteroatoms. The fourth-order valence-corrected chi connectivity index (χ4v) is 7.26. The third-order valence-corrected chi connectivity index (χ3v) is 11.2. The number of rotatable bonds is 41. The number of hydrogen-bond acceptors (Lipinski definition) is 6. The van der Waals surface area contributed by atoms with Crippen molar-refractivity contribution in [3.8, 4) is 0 Å². The summed E-state index contributed by atoms with van der Waals surface area (Å²) in [5, 5.41) is 13.9. The molecule has 0 rings (SSSR count). The van der Waals surface area contributed by atoms with Crippen LogP contribution in [0.25, 0.3) is 0 Å². The number of phosphoric ester groups is 1. The minimum absolute atomic E-state index is 0.0119. The smallest absolute Gasteiger partial charge is 0.268 e. The number of quaternary nitrogens is 1. The van der Waals surface area contributed by atoms with Crippen LogP contribution in [0.4, 0.5) is 0 Å². The first-order valence-electron chi connectivity index (χ1n) is 22.7. The number of nitrogens with zero attached hydrogens (tertiary/aromatic N) is 1. The van der Waals surface area contributed by atoms with Gasteiger partial charge in [-0.3, -0.25) is 9.36 Å². The first kappa shape index (κ1) is 53.0. The maximum absolute atomic E-state index is 12.9. The van der Waals surface area contributed by atoms with Gasteiger partial charge in [0.05, 0.1) is 39.9 Å². The van der Waals surface area contributed by atoms with E-state index in [2.05, 4.69) is 43.5 Å². The number of unbranched alkanes of at least 4 members (excludes halogenated alkanes) is 24. The van der Waals surface area contributed by atoms with Gasteiger partial charge in [-0.25, -0.2) is 0 Å². The lowest BCUT2D eigenvalue weighted by molar-refractivity contribution is -0.870. The summed E-state index contributed by atoms with van der Waals surface area (Å²) < 4.78 is 23.3. The van der Waals surface area contributed by atoms with Crippen LogP contribution in [-0.2, 0) is 18.4 Å².